The predicted molar refractivity (Wildman–Crippen MR) is 75.2 cm³/mol. The van der Waals surface area contributed by atoms with Gasteiger partial charge in [0.15, 0.2) is 11.5 Å². The van der Waals surface area contributed by atoms with E-state index in [-0.39, 0.29) is 12.7 Å². The minimum absolute atomic E-state index is 0.0608. The maximum atomic E-state index is 12.1. The molecule has 1 aromatic carbocycles. The Bertz CT molecular complexity index is 498. The second-order valence-electron chi connectivity index (χ2n) is 5.37. The summed E-state index contributed by atoms with van der Waals surface area (Å²) < 4.78 is 10.5. The highest BCUT2D eigenvalue weighted by molar-refractivity contribution is 5.94. The summed E-state index contributed by atoms with van der Waals surface area (Å²) in [5.41, 5.74) is 0.614. The molecule has 5 heteroatoms. The van der Waals surface area contributed by atoms with Crippen molar-refractivity contribution in [3.63, 3.8) is 0 Å². The quantitative estimate of drug-likeness (QED) is 0.908. The Morgan fingerprint density at radius 2 is 2.05 bits per heavy atom. The summed E-state index contributed by atoms with van der Waals surface area (Å²) in [7, 11) is 0. The highest BCUT2D eigenvalue weighted by atomic mass is 16.7. The number of nitrogens with one attached hydrogen (secondary N) is 1. The molecule has 0 aliphatic carbocycles. The average molecular weight is 276 g/mol. The molecule has 0 saturated carbocycles. The zero-order valence-electron chi connectivity index (χ0n) is 11.7. The first-order valence-electron chi connectivity index (χ1n) is 7.16. The molecule has 1 amide bonds. The van der Waals surface area contributed by atoms with Crippen LogP contribution in [0.2, 0.25) is 0 Å². The van der Waals surface area contributed by atoms with Gasteiger partial charge in [-0.3, -0.25) is 9.69 Å². The molecule has 1 aromatic rings. The number of amides is 1. The first kappa shape index (κ1) is 13.2. The van der Waals surface area contributed by atoms with Crippen LogP contribution in [0.3, 0.4) is 0 Å². The van der Waals surface area contributed by atoms with Crippen molar-refractivity contribution in [3.8, 4) is 11.5 Å². The summed E-state index contributed by atoms with van der Waals surface area (Å²) in [6.07, 6.45) is 2.53. The van der Waals surface area contributed by atoms with E-state index >= 15 is 0 Å². The molecule has 5 nitrogen and oxygen atoms in total. The van der Waals surface area contributed by atoms with Crippen molar-refractivity contribution >= 4 is 5.91 Å². The Labute approximate surface area is 118 Å². The Balaban J connectivity index is 1.56. The normalized spacial score (nSPS) is 19.1. The smallest absolute Gasteiger partial charge is 0.251 e. The van der Waals surface area contributed by atoms with E-state index in [0.717, 1.165) is 13.1 Å². The third kappa shape index (κ3) is 2.72. The number of fused-ring (bicyclic) bond motifs is 1. The number of hydrogen-bond acceptors (Lipinski definition) is 4. The van der Waals surface area contributed by atoms with E-state index in [0.29, 0.717) is 29.6 Å². The largest absolute Gasteiger partial charge is 0.454 e. The van der Waals surface area contributed by atoms with Crippen LogP contribution < -0.4 is 14.8 Å². The SMILES string of the molecule is CC(CNC(=O)c1ccc2c(c1)OCO2)N1CCCC1. The topological polar surface area (TPSA) is 50.8 Å². The Morgan fingerprint density at radius 1 is 1.30 bits per heavy atom. The monoisotopic (exact) mass is 276 g/mol. The lowest BCUT2D eigenvalue weighted by molar-refractivity contribution is 0.0940. The molecule has 0 radical (unpaired) electrons. The number of carbonyl (C=O) groups excluding carboxylic acids is 1. The summed E-state index contributed by atoms with van der Waals surface area (Å²) >= 11 is 0. The molecule has 1 unspecified atom stereocenters. The first-order valence-corrected chi connectivity index (χ1v) is 7.16. The van der Waals surface area contributed by atoms with Crippen molar-refractivity contribution in [2.45, 2.75) is 25.8 Å². The molecule has 20 heavy (non-hydrogen) atoms. The van der Waals surface area contributed by atoms with E-state index in [1.807, 2.05) is 0 Å². The Hall–Kier alpha value is -1.75. The molecule has 1 saturated heterocycles. The van der Waals surface area contributed by atoms with Crippen LogP contribution in [-0.2, 0) is 0 Å². The predicted octanol–water partition coefficient (Wildman–Crippen LogP) is 1.63. The van der Waals surface area contributed by atoms with Gasteiger partial charge in [-0.25, -0.2) is 0 Å². The minimum Gasteiger partial charge on any atom is -0.454 e. The molecule has 2 aliphatic heterocycles. The number of carbonyl (C=O) groups is 1. The Kier molecular flexibility index (Phi) is 3.78. The second kappa shape index (κ2) is 5.71. The van der Waals surface area contributed by atoms with Gasteiger partial charge in [0.1, 0.15) is 0 Å². The summed E-state index contributed by atoms with van der Waals surface area (Å²) in [6.45, 7) is 5.34. The summed E-state index contributed by atoms with van der Waals surface area (Å²) in [6, 6.07) is 5.67. The van der Waals surface area contributed by atoms with E-state index in [1.165, 1.54) is 12.8 Å². The first-order chi connectivity index (χ1) is 9.74. The van der Waals surface area contributed by atoms with Crippen LogP contribution in [0.15, 0.2) is 18.2 Å². The minimum atomic E-state index is -0.0608. The summed E-state index contributed by atoms with van der Waals surface area (Å²) in [5.74, 6) is 1.28. The van der Waals surface area contributed by atoms with Gasteiger partial charge in [-0.05, 0) is 51.1 Å². The van der Waals surface area contributed by atoms with Gasteiger partial charge in [0.2, 0.25) is 6.79 Å². The standard InChI is InChI=1S/C15H20N2O3/c1-11(17-6-2-3-7-17)9-16-15(18)12-4-5-13-14(8-12)20-10-19-13/h4-5,8,11H,2-3,6-7,9-10H2,1H3,(H,16,18). The second-order valence-corrected chi connectivity index (χ2v) is 5.37. The molecule has 2 heterocycles. The lowest BCUT2D eigenvalue weighted by Crippen LogP contribution is -2.40. The van der Waals surface area contributed by atoms with Gasteiger partial charge in [0, 0.05) is 18.2 Å². The fourth-order valence-electron chi connectivity index (χ4n) is 2.69. The van der Waals surface area contributed by atoms with Crippen LogP contribution in [0.5, 0.6) is 11.5 Å². The van der Waals surface area contributed by atoms with Crippen LogP contribution in [0, 0.1) is 0 Å². The third-order valence-electron chi connectivity index (χ3n) is 3.96. The van der Waals surface area contributed by atoms with Crippen molar-refractivity contribution < 1.29 is 14.3 Å². The van der Waals surface area contributed by atoms with E-state index < -0.39 is 0 Å². The molecular weight excluding hydrogens is 256 g/mol. The molecule has 1 atom stereocenters. The molecular formula is C15H20N2O3. The van der Waals surface area contributed by atoms with E-state index in [9.17, 15) is 4.79 Å². The maximum absolute atomic E-state index is 12.1. The van der Waals surface area contributed by atoms with Crippen LogP contribution in [-0.4, -0.2) is 43.3 Å². The Morgan fingerprint density at radius 3 is 2.85 bits per heavy atom. The highest BCUT2D eigenvalue weighted by Gasteiger charge is 2.20. The van der Waals surface area contributed by atoms with Gasteiger partial charge in [0.05, 0.1) is 0 Å². The van der Waals surface area contributed by atoms with Gasteiger partial charge in [-0.1, -0.05) is 0 Å². The average Bonchev–Trinajstić information content (AvgIpc) is 3.13. The van der Waals surface area contributed by atoms with Gasteiger partial charge in [0.25, 0.3) is 5.91 Å². The molecule has 1 N–H and O–H groups in total. The lowest BCUT2D eigenvalue weighted by Gasteiger charge is -2.23. The van der Waals surface area contributed by atoms with Crippen molar-refractivity contribution in [1.29, 1.82) is 0 Å². The summed E-state index contributed by atoms with van der Waals surface area (Å²) in [4.78, 5) is 14.6. The number of hydrogen-bond donors (Lipinski definition) is 1. The molecule has 3 rings (SSSR count). The molecule has 0 bridgehead atoms. The van der Waals surface area contributed by atoms with Gasteiger partial charge >= 0.3 is 0 Å². The lowest BCUT2D eigenvalue weighted by atomic mass is 10.2. The van der Waals surface area contributed by atoms with Crippen molar-refractivity contribution in [2.24, 2.45) is 0 Å². The summed E-state index contributed by atoms with van der Waals surface area (Å²) in [5, 5.41) is 2.99. The molecule has 1 fully saturated rings. The molecule has 0 spiro atoms. The molecule has 0 aromatic heterocycles. The van der Waals surface area contributed by atoms with Gasteiger partial charge < -0.3 is 14.8 Å². The van der Waals surface area contributed by atoms with E-state index in [1.54, 1.807) is 18.2 Å². The zero-order valence-corrected chi connectivity index (χ0v) is 11.7. The van der Waals surface area contributed by atoms with Crippen LogP contribution in [0.25, 0.3) is 0 Å². The van der Waals surface area contributed by atoms with E-state index in [4.69, 9.17) is 9.47 Å². The number of rotatable bonds is 4. The van der Waals surface area contributed by atoms with Gasteiger partial charge in [-0.2, -0.15) is 0 Å². The number of benzene rings is 1. The van der Waals surface area contributed by atoms with Crippen LogP contribution >= 0.6 is 0 Å². The highest BCUT2D eigenvalue weighted by Crippen LogP contribution is 2.32. The van der Waals surface area contributed by atoms with Crippen molar-refractivity contribution in [1.82, 2.24) is 10.2 Å². The fraction of sp³-hybridized carbons (Fsp3) is 0.533. The third-order valence-corrected chi connectivity index (χ3v) is 3.96. The number of ether oxygens (including phenoxy) is 2. The van der Waals surface area contributed by atoms with Crippen LogP contribution in [0.4, 0.5) is 0 Å². The van der Waals surface area contributed by atoms with Gasteiger partial charge in [-0.15, -0.1) is 0 Å². The zero-order chi connectivity index (χ0) is 13.9. The van der Waals surface area contributed by atoms with E-state index in [2.05, 4.69) is 17.1 Å². The number of nitrogens with zero attached hydrogens (tertiary/aromatic N) is 1. The molecule has 2 aliphatic rings. The molecule has 108 valence electrons. The van der Waals surface area contributed by atoms with Crippen LogP contribution in [0.1, 0.15) is 30.1 Å². The fourth-order valence-corrected chi connectivity index (χ4v) is 2.69. The maximum Gasteiger partial charge on any atom is 0.251 e. The van der Waals surface area contributed by atoms with Crippen molar-refractivity contribution in [3.05, 3.63) is 23.8 Å². The number of likely N-dealkylation sites (tertiary alicyclic amines) is 1. The van der Waals surface area contributed by atoms with Crippen molar-refractivity contribution in [2.75, 3.05) is 26.4 Å².